The Morgan fingerprint density at radius 1 is 1.10 bits per heavy atom. The summed E-state index contributed by atoms with van der Waals surface area (Å²) in [5.74, 6) is -3.53. The third-order valence-corrected chi connectivity index (χ3v) is 5.79. The van der Waals surface area contributed by atoms with Crippen molar-refractivity contribution in [1.29, 1.82) is 0 Å². The molecule has 1 fully saturated rings. The van der Waals surface area contributed by atoms with Gasteiger partial charge in [0.15, 0.2) is 27.3 Å². The van der Waals surface area contributed by atoms with E-state index in [9.17, 15) is 22.0 Å². The van der Waals surface area contributed by atoms with Gasteiger partial charge in [-0.25, -0.2) is 17.2 Å². The van der Waals surface area contributed by atoms with Crippen molar-refractivity contribution in [3.63, 3.8) is 0 Å². The van der Waals surface area contributed by atoms with E-state index in [1.165, 1.54) is 0 Å². The first-order valence-corrected chi connectivity index (χ1v) is 8.31. The van der Waals surface area contributed by atoms with Crippen LogP contribution >= 0.6 is 0 Å². The van der Waals surface area contributed by atoms with Crippen molar-refractivity contribution in [2.24, 2.45) is 0 Å². The second kappa shape index (κ2) is 5.99. The van der Waals surface area contributed by atoms with E-state index in [1.807, 2.05) is 0 Å². The van der Waals surface area contributed by atoms with Gasteiger partial charge in [0.1, 0.15) is 5.75 Å². The molecule has 0 N–H and O–H groups in total. The van der Waals surface area contributed by atoms with Gasteiger partial charge >= 0.3 is 0 Å². The first-order valence-electron chi connectivity index (χ1n) is 6.60. The second-order valence-electron chi connectivity index (χ2n) is 5.12. The topological polar surface area (TPSA) is 51.2 Å². The van der Waals surface area contributed by atoms with Crippen LogP contribution in [-0.4, -0.2) is 25.2 Å². The molecule has 1 saturated carbocycles. The molecule has 0 radical (unpaired) electrons. The van der Waals surface area contributed by atoms with Gasteiger partial charge in [0.25, 0.3) is 0 Å². The maximum atomic E-state index is 13.1. The Balaban J connectivity index is 2.11. The van der Waals surface area contributed by atoms with Crippen LogP contribution in [-0.2, 0) is 9.84 Å². The van der Waals surface area contributed by atoms with Gasteiger partial charge in [-0.05, 0) is 31.0 Å². The van der Waals surface area contributed by atoms with Crippen LogP contribution in [0.25, 0.3) is 0 Å². The maximum Gasteiger partial charge on any atom is 0.177 e. The highest BCUT2D eigenvalue weighted by Gasteiger charge is 2.29. The lowest BCUT2D eigenvalue weighted by atomic mass is 10.0. The van der Waals surface area contributed by atoms with Gasteiger partial charge in [-0.2, -0.15) is 0 Å². The second-order valence-corrected chi connectivity index (χ2v) is 7.40. The van der Waals surface area contributed by atoms with Gasteiger partial charge in [0, 0.05) is 5.56 Å². The van der Waals surface area contributed by atoms with Crippen molar-refractivity contribution in [2.75, 3.05) is 5.75 Å². The summed E-state index contributed by atoms with van der Waals surface area (Å²) in [6.45, 7) is 0. The van der Waals surface area contributed by atoms with Gasteiger partial charge in [-0.15, -0.1) is 0 Å². The lowest BCUT2D eigenvalue weighted by Gasteiger charge is -2.21. The average molecular weight is 302 g/mol. The third kappa shape index (κ3) is 3.42. The Morgan fingerprint density at radius 2 is 1.75 bits per heavy atom. The lowest BCUT2D eigenvalue weighted by Crippen LogP contribution is -2.29. The zero-order valence-corrected chi connectivity index (χ0v) is 11.8. The molecule has 3 nitrogen and oxygen atoms in total. The van der Waals surface area contributed by atoms with Crippen LogP contribution in [0, 0.1) is 11.6 Å². The molecule has 0 spiro atoms. The van der Waals surface area contributed by atoms with E-state index >= 15 is 0 Å². The van der Waals surface area contributed by atoms with Crippen LogP contribution in [0.4, 0.5) is 8.78 Å². The Hall–Kier alpha value is -1.30. The number of ketones is 1. The van der Waals surface area contributed by atoms with Crippen LogP contribution < -0.4 is 0 Å². The van der Waals surface area contributed by atoms with Crippen molar-refractivity contribution in [3.8, 4) is 0 Å². The Bertz CT molecular complexity index is 605. The predicted molar refractivity (Wildman–Crippen MR) is 71.3 cm³/mol. The van der Waals surface area contributed by atoms with Crippen molar-refractivity contribution >= 4 is 15.6 Å². The van der Waals surface area contributed by atoms with Gasteiger partial charge < -0.3 is 0 Å². The van der Waals surface area contributed by atoms with Crippen molar-refractivity contribution in [1.82, 2.24) is 0 Å². The maximum absolute atomic E-state index is 13.1. The van der Waals surface area contributed by atoms with E-state index in [1.54, 1.807) is 0 Å². The fraction of sp³-hybridized carbons (Fsp3) is 0.500. The summed E-state index contributed by atoms with van der Waals surface area (Å²) in [5.41, 5.74) is -0.108. The molecule has 6 heteroatoms. The monoisotopic (exact) mass is 302 g/mol. The average Bonchev–Trinajstić information content (AvgIpc) is 2.42. The molecule has 0 bridgehead atoms. The van der Waals surface area contributed by atoms with Gasteiger partial charge in [-0.1, -0.05) is 19.3 Å². The molecule has 1 aliphatic rings. The smallest absolute Gasteiger partial charge is 0.177 e. The first kappa shape index (κ1) is 15.1. The largest absolute Gasteiger partial charge is 0.293 e. The van der Waals surface area contributed by atoms with E-state index in [4.69, 9.17) is 0 Å². The molecule has 0 saturated heterocycles. The number of hydrogen-bond donors (Lipinski definition) is 0. The molecule has 1 aromatic rings. The summed E-state index contributed by atoms with van der Waals surface area (Å²) < 4.78 is 50.1. The normalized spacial score (nSPS) is 17.1. The van der Waals surface area contributed by atoms with E-state index in [0.717, 1.165) is 37.5 Å². The minimum absolute atomic E-state index is 0.108. The molecule has 0 heterocycles. The molecule has 2 rings (SSSR count). The summed E-state index contributed by atoms with van der Waals surface area (Å²) in [6.07, 6.45) is 3.87. The van der Waals surface area contributed by atoms with Crippen LogP contribution in [0.2, 0.25) is 0 Å². The summed E-state index contributed by atoms with van der Waals surface area (Å²) in [5, 5.41) is -0.481. The standard InChI is InChI=1S/C14H16F2O3S/c15-12-7-6-10(8-13(12)16)14(17)9-20(18,19)11-4-2-1-3-5-11/h6-8,11H,1-5,9H2. The van der Waals surface area contributed by atoms with Gasteiger partial charge in [0.05, 0.1) is 5.25 Å². The number of halogens is 2. The van der Waals surface area contributed by atoms with Crippen LogP contribution in [0.15, 0.2) is 18.2 Å². The molecule has 0 aromatic heterocycles. The van der Waals surface area contributed by atoms with E-state index in [-0.39, 0.29) is 5.56 Å². The number of Topliss-reactive ketones (excluding diaryl/α,β-unsaturated/α-hetero) is 1. The van der Waals surface area contributed by atoms with Gasteiger partial charge in [0.2, 0.25) is 0 Å². The zero-order valence-electron chi connectivity index (χ0n) is 10.9. The predicted octanol–water partition coefficient (Wildman–Crippen LogP) is 2.90. The highest BCUT2D eigenvalue weighted by Crippen LogP contribution is 2.24. The molecule has 0 atom stereocenters. The van der Waals surface area contributed by atoms with Crippen LogP contribution in [0.5, 0.6) is 0 Å². The van der Waals surface area contributed by atoms with E-state index in [0.29, 0.717) is 12.8 Å². The first-order chi connectivity index (χ1) is 9.40. The minimum atomic E-state index is -3.52. The number of carbonyl (C=O) groups is 1. The number of hydrogen-bond acceptors (Lipinski definition) is 3. The van der Waals surface area contributed by atoms with Crippen LogP contribution in [0.1, 0.15) is 42.5 Å². The highest BCUT2D eigenvalue weighted by atomic mass is 32.2. The molecular weight excluding hydrogens is 286 g/mol. The van der Waals surface area contributed by atoms with Crippen molar-refractivity contribution in [3.05, 3.63) is 35.4 Å². The zero-order chi connectivity index (χ0) is 14.8. The molecule has 0 aliphatic heterocycles. The number of benzene rings is 1. The molecule has 1 aliphatic carbocycles. The molecule has 0 amide bonds. The molecular formula is C14H16F2O3S. The van der Waals surface area contributed by atoms with Gasteiger partial charge in [-0.3, -0.25) is 4.79 Å². The molecule has 1 aromatic carbocycles. The Morgan fingerprint density at radius 3 is 2.35 bits per heavy atom. The van der Waals surface area contributed by atoms with Crippen LogP contribution in [0.3, 0.4) is 0 Å². The number of rotatable bonds is 4. The summed E-state index contributed by atoms with van der Waals surface area (Å²) in [4.78, 5) is 11.9. The number of carbonyl (C=O) groups excluding carboxylic acids is 1. The highest BCUT2D eigenvalue weighted by molar-refractivity contribution is 7.92. The number of sulfone groups is 1. The lowest BCUT2D eigenvalue weighted by molar-refractivity contribution is 0.102. The quantitative estimate of drug-likeness (QED) is 0.804. The minimum Gasteiger partial charge on any atom is -0.293 e. The SMILES string of the molecule is O=C(CS(=O)(=O)C1CCCCC1)c1ccc(F)c(F)c1. The van der Waals surface area contributed by atoms with E-state index in [2.05, 4.69) is 0 Å². The third-order valence-electron chi connectivity index (χ3n) is 3.63. The Labute approximate surface area is 116 Å². The molecule has 0 unspecified atom stereocenters. The molecule has 110 valence electrons. The molecule has 20 heavy (non-hydrogen) atoms. The van der Waals surface area contributed by atoms with E-state index < -0.39 is 38.3 Å². The summed E-state index contributed by atoms with van der Waals surface area (Å²) >= 11 is 0. The fourth-order valence-electron chi connectivity index (χ4n) is 2.48. The Kier molecular flexibility index (Phi) is 4.52. The fourth-order valence-corrected chi connectivity index (χ4v) is 4.30. The summed E-state index contributed by atoms with van der Waals surface area (Å²) in [6, 6.07) is 2.68. The van der Waals surface area contributed by atoms with Crippen molar-refractivity contribution in [2.45, 2.75) is 37.4 Å². The van der Waals surface area contributed by atoms with Crippen molar-refractivity contribution < 1.29 is 22.0 Å². The summed E-state index contributed by atoms with van der Waals surface area (Å²) in [7, 11) is -3.52.